The van der Waals surface area contributed by atoms with E-state index in [-0.39, 0.29) is 17.5 Å². The van der Waals surface area contributed by atoms with Crippen molar-refractivity contribution in [2.45, 2.75) is 18.8 Å². The molecule has 0 aromatic heterocycles. The monoisotopic (exact) mass is 354 g/mol. The predicted octanol–water partition coefficient (Wildman–Crippen LogP) is 3.88. The highest BCUT2D eigenvalue weighted by molar-refractivity contribution is 6.33. The van der Waals surface area contributed by atoms with E-state index in [0.717, 1.165) is 12.1 Å². The molecular formula is C17H20Cl2N2O2. The summed E-state index contributed by atoms with van der Waals surface area (Å²) in [7, 11) is 3.91. The zero-order chi connectivity index (χ0) is 17.0. The van der Waals surface area contributed by atoms with E-state index in [1.54, 1.807) is 18.2 Å². The largest absolute Gasteiger partial charge is 0.511 e. The highest BCUT2D eigenvalue weighted by Crippen LogP contribution is 2.37. The second-order valence-electron chi connectivity index (χ2n) is 5.89. The fourth-order valence-electron chi connectivity index (χ4n) is 2.52. The van der Waals surface area contributed by atoms with Crippen LogP contribution in [0.3, 0.4) is 0 Å². The number of ketones is 1. The number of carbonyl (C=O) groups is 1. The van der Waals surface area contributed by atoms with Gasteiger partial charge in [0.05, 0.1) is 12.1 Å². The molecular weight excluding hydrogens is 335 g/mol. The number of likely N-dealkylation sites (N-methyl/N-ethyl adjacent to an activating group) is 1. The van der Waals surface area contributed by atoms with Gasteiger partial charge < -0.3 is 10.0 Å². The quantitative estimate of drug-likeness (QED) is 0.816. The number of allylic oxidation sites excluding steroid dienone is 2. The topological polar surface area (TPSA) is 52.9 Å². The van der Waals surface area contributed by atoms with Crippen LogP contribution in [0.1, 0.15) is 24.3 Å². The summed E-state index contributed by atoms with van der Waals surface area (Å²) in [6, 6.07) is 5.17. The van der Waals surface area contributed by atoms with Gasteiger partial charge in [-0.1, -0.05) is 23.2 Å². The number of hydrogen-bond donors (Lipinski definition) is 1. The van der Waals surface area contributed by atoms with E-state index in [1.165, 1.54) is 6.21 Å². The third-order valence-corrected chi connectivity index (χ3v) is 4.36. The number of aliphatic imine (C=N–C) groups is 1. The van der Waals surface area contributed by atoms with E-state index in [1.807, 2.05) is 19.0 Å². The van der Waals surface area contributed by atoms with Crippen LogP contribution in [0.2, 0.25) is 10.0 Å². The van der Waals surface area contributed by atoms with Gasteiger partial charge in [-0.05, 0) is 43.8 Å². The first kappa shape index (κ1) is 18.0. The standard InChI is InChI=1S/C17H20Cl2N2O2/c1-21(2)6-5-20-10-14-16(22)7-11(8-17(14)23)13-9-12(18)3-4-15(13)19/h3-4,9-11,22H,5-8H2,1-2H3. The molecule has 6 heteroatoms. The van der Waals surface area contributed by atoms with Gasteiger partial charge in [0.25, 0.3) is 0 Å². The Labute approximate surface area is 146 Å². The highest BCUT2D eigenvalue weighted by atomic mass is 35.5. The molecule has 1 atom stereocenters. The summed E-state index contributed by atoms with van der Waals surface area (Å²) in [6.45, 7) is 1.38. The molecule has 0 aliphatic heterocycles. The molecule has 0 heterocycles. The first-order valence-corrected chi connectivity index (χ1v) is 8.19. The van der Waals surface area contributed by atoms with E-state index in [4.69, 9.17) is 23.2 Å². The average Bonchev–Trinajstić information content (AvgIpc) is 2.47. The van der Waals surface area contributed by atoms with Gasteiger partial charge in [-0.3, -0.25) is 9.79 Å². The van der Waals surface area contributed by atoms with E-state index < -0.39 is 0 Å². The number of halogens is 2. The van der Waals surface area contributed by atoms with Crippen LogP contribution in [0.25, 0.3) is 0 Å². The molecule has 1 N–H and O–H groups in total. The van der Waals surface area contributed by atoms with Crippen LogP contribution in [0.4, 0.5) is 0 Å². The van der Waals surface area contributed by atoms with Crippen molar-refractivity contribution in [1.29, 1.82) is 0 Å². The van der Waals surface area contributed by atoms with Gasteiger partial charge in [-0.25, -0.2) is 0 Å². The van der Waals surface area contributed by atoms with Crippen LogP contribution in [-0.4, -0.2) is 49.2 Å². The molecule has 4 nitrogen and oxygen atoms in total. The second kappa shape index (κ2) is 7.95. The summed E-state index contributed by atoms with van der Waals surface area (Å²) in [5, 5.41) is 11.3. The smallest absolute Gasteiger partial charge is 0.168 e. The molecule has 124 valence electrons. The van der Waals surface area contributed by atoms with Crippen molar-refractivity contribution in [2.24, 2.45) is 4.99 Å². The first-order chi connectivity index (χ1) is 10.9. The van der Waals surface area contributed by atoms with Crippen molar-refractivity contribution < 1.29 is 9.90 Å². The summed E-state index contributed by atoms with van der Waals surface area (Å²) in [4.78, 5) is 18.5. The third kappa shape index (κ3) is 4.80. The van der Waals surface area contributed by atoms with Crippen molar-refractivity contribution in [3.63, 3.8) is 0 Å². The minimum Gasteiger partial charge on any atom is -0.511 e. The van der Waals surface area contributed by atoms with Gasteiger partial charge in [-0.2, -0.15) is 0 Å². The predicted molar refractivity (Wildman–Crippen MR) is 95.0 cm³/mol. The molecule has 1 aromatic carbocycles. The Balaban J connectivity index is 2.14. The molecule has 0 radical (unpaired) electrons. The Morgan fingerprint density at radius 1 is 1.35 bits per heavy atom. The Morgan fingerprint density at radius 3 is 2.74 bits per heavy atom. The molecule has 2 rings (SSSR count). The highest BCUT2D eigenvalue weighted by Gasteiger charge is 2.29. The van der Waals surface area contributed by atoms with E-state index in [0.29, 0.717) is 35.0 Å². The van der Waals surface area contributed by atoms with E-state index in [2.05, 4.69) is 4.99 Å². The lowest BCUT2D eigenvalue weighted by atomic mass is 9.83. The molecule has 23 heavy (non-hydrogen) atoms. The maximum absolute atomic E-state index is 12.3. The minimum absolute atomic E-state index is 0.0656. The van der Waals surface area contributed by atoms with Crippen LogP contribution in [0, 0.1) is 0 Å². The molecule has 0 amide bonds. The number of aliphatic hydroxyl groups is 1. The Kier molecular flexibility index (Phi) is 6.22. The number of aliphatic hydroxyl groups excluding tert-OH is 1. The molecule has 0 fully saturated rings. The second-order valence-corrected chi connectivity index (χ2v) is 6.74. The van der Waals surface area contributed by atoms with Crippen molar-refractivity contribution >= 4 is 35.2 Å². The fraction of sp³-hybridized carbons (Fsp3) is 0.412. The van der Waals surface area contributed by atoms with Crippen LogP contribution >= 0.6 is 23.2 Å². The summed E-state index contributed by atoms with van der Waals surface area (Å²) in [5.41, 5.74) is 1.10. The maximum atomic E-state index is 12.3. The Bertz CT molecular complexity index is 654. The van der Waals surface area contributed by atoms with E-state index in [9.17, 15) is 9.90 Å². The van der Waals surface area contributed by atoms with Crippen LogP contribution in [0.15, 0.2) is 34.5 Å². The van der Waals surface area contributed by atoms with Gasteiger partial charge in [0.15, 0.2) is 5.78 Å². The number of Topliss-reactive ketones (excluding diaryl/α,β-unsaturated/α-hetero) is 1. The summed E-state index contributed by atoms with van der Waals surface area (Å²) < 4.78 is 0. The molecule has 0 saturated carbocycles. The fourth-order valence-corrected chi connectivity index (χ4v) is 2.97. The van der Waals surface area contributed by atoms with Gasteiger partial charge >= 0.3 is 0 Å². The lowest BCUT2D eigenvalue weighted by molar-refractivity contribution is -0.116. The van der Waals surface area contributed by atoms with Gasteiger partial charge in [0.2, 0.25) is 0 Å². The number of carbonyl (C=O) groups excluding carboxylic acids is 1. The molecule has 0 bridgehead atoms. The minimum atomic E-state index is -0.160. The normalized spacial score (nSPS) is 19.2. The van der Waals surface area contributed by atoms with Crippen LogP contribution in [0.5, 0.6) is 0 Å². The molecule has 0 spiro atoms. The number of rotatable bonds is 5. The van der Waals surface area contributed by atoms with Crippen LogP contribution < -0.4 is 0 Å². The van der Waals surface area contributed by atoms with Crippen molar-refractivity contribution in [3.8, 4) is 0 Å². The van der Waals surface area contributed by atoms with Gasteiger partial charge in [0, 0.05) is 35.6 Å². The maximum Gasteiger partial charge on any atom is 0.168 e. The van der Waals surface area contributed by atoms with Crippen LogP contribution in [-0.2, 0) is 4.79 Å². The lowest BCUT2D eigenvalue weighted by Crippen LogP contribution is -2.20. The Morgan fingerprint density at radius 2 is 2.09 bits per heavy atom. The summed E-state index contributed by atoms with van der Waals surface area (Å²) >= 11 is 12.2. The lowest BCUT2D eigenvalue weighted by Gasteiger charge is -2.23. The average molecular weight is 355 g/mol. The third-order valence-electron chi connectivity index (χ3n) is 3.78. The number of nitrogens with zero attached hydrogens (tertiary/aromatic N) is 2. The van der Waals surface area contributed by atoms with Crippen molar-refractivity contribution in [3.05, 3.63) is 45.1 Å². The van der Waals surface area contributed by atoms with Gasteiger partial charge in [0.1, 0.15) is 5.76 Å². The van der Waals surface area contributed by atoms with Gasteiger partial charge in [-0.15, -0.1) is 0 Å². The zero-order valence-corrected chi connectivity index (χ0v) is 14.7. The molecule has 1 aliphatic rings. The summed E-state index contributed by atoms with van der Waals surface area (Å²) in [5.74, 6) is -0.216. The SMILES string of the molecule is CN(C)CCN=CC1=C(O)CC(c2cc(Cl)ccc2Cl)CC1=O. The molecule has 0 saturated heterocycles. The van der Waals surface area contributed by atoms with E-state index >= 15 is 0 Å². The molecule has 1 aromatic rings. The summed E-state index contributed by atoms with van der Waals surface area (Å²) in [6.07, 6.45) is 2.14. The number of benzene rings is 1. The van der Waals surface area contributed by atoms with Crippen molar-refractivity contribution in [1.82, 2.24) is 4.90 Å². The molecule has 1 unspecified atom stereocenters. The van der Waals surface area contributed by atoms with Crippen molar-refractivity contribution in [2.75, 3.05) is 27.2 Å². The Hall–Kier alpha value is -1.36. The number of hydrogen-bond acceptors (Lipinski definition) is 4. The molecule has 1 aliphatic carbocycles. The zero-order valence-electron chi connectivity index (χ0n) is 13.2. The first-order valence-electron chi connectivity index (χ1n) is 7.43.